The van der Waals surface area contributed by atoms with Gasteiger partial charge in [-0.05, 0) is 32.1 Å². The molecule has 0 aliphatic heterocycles. The molecule has 0 aliphatic rings. The standard InChI is InChI=1S/C15H32N2O3/c1-5-10(2)14(12(4)18)20-15(19)11(3)8-6-7-9-13(16)17/h10-14,18H,5-9,16-17H2,1-4H3. The van der Waals surface area contributed by atoms with E-state index < -0.39 is 12.2 Å². The molecule has 0 radical (unpaired) electrons. The summed E-state index contributed by atoms with van der Waals surface area (Å²) in [6.45, 7) is 7.53. The molecule has 4 atom stereocenters. The molecule has 0 aromatic rings. The van der Waals surface area contributed by atoms with Gasteiger partial charge in [0.1, 0.15) is 6.10 Å². The van der Waals surface area contributed by atoms with Crippen LogP contribution in [0, 0.1) is 11.8 Å². The van der Waals surface area contributed by atoms with E-state index in [0.717, 1.165) is 32.1 Å². The fourth-order valence-corrected chi connectivity index (χ4v) is 2.12. The topological polar surface area (TPSA) is 98.6 Å². The molecule has 5 heteroatoms. The van der Waals surface area contributed by atoms with Crippen LogP contribution in [0.2, 0.25) is 0 Å². The number of aliphatic hydroxyl groups excluding tert-OH is 1. The summed E-state index contributed by atoms with van der Waals surface area (Å²) in [5.74, 6) is -0.232. The summed E-state index contributed by atoms with van der Waals surface area (Å²) in [4.78, 5) is 12.0. The summed E-state index contributed by atoms with van der Waals surface area (Å²) in [5, 5.41) is 9.71. The summed E-state index contributed by atoms with van der Waals surface area (Å²) in [6.07, 6.45) is 2.88. The van der Waals surface area contributed by atoms with Crippen molar-refractivity contribution < 1.29 is 14.6 Å². The van der Waals surface area contributed by atoms with Crippen LogP contribution in [-0.2, 0) is 9.53 Å². The molecular formula is C15H32N2O3. The third kappa shape index (κ3) is 7.82. The zero-order valence-corrected chi connectivity index (χ0v) is 13.3. The second-order valence-electron chi connectivity index (χ2n) is 5.88. The normalized spacial score (nSPS) is 17.6. The average Bonchev–Trinajstić information content (AvgIpc) is 2.38. The Kier molecular flexibility index (Phi) is 9.80. The predicted octanol–water partition coefficient (Wildman–Crippen LogP) is 1.77. The molecule has 0 amide bonds. The van der Waals surface area contributed by atoms with Crippen molar-refractivity contribution in [3.05, 3.63) is 0 Å². The quantitative estimate of drug-likeness (QED) is 0.323. The zero-order valence-electron chi connectivity index (χ0n) is 13.3. The maximum atomic E-state index is 12.0. The van der Waals surface area contributed by atoms with E-state index in [0.29, 0.717) is 0 Å². The highest BCUT2D eigenvalue weighted by atomic mass is 16.6. The third-order valence-corrected chi connectivity index (χ3v) is 3.76. The van der Waals surface area contributed by atoms with E-state index in [1.54, 1.807) is 6.92 Å². The van der Waals surface area contributed by atoms with Gasteiger partial charge in [-0.1, -0.05) is 33.6 Å². The lowest BCUT2D eigenvalue weighted by Gasteiger charge is -2.27. The predicted molar refractivity (Wildman–Crippen MR) is 80.8 cm³/mol. The minimum atomic E-state index is -0.642. The molecule has 0 aromatic carbocycles. The number of nitrogens with two attached hydrogens (primary N) is 2. The van der Waals surface area contributed by atoms with Gasteiger partial charge >= 0.3 is 5.97 Å². The molecule has 0 saturated carbocycles. The Morgan fingerprint density at radius 2 is 1.70 bits per heavy atom. The van der Waals surface area contributed by atoms with Crippen molar-refractivity contribution in [3.63, 3.8) is 0 Å². The molecule has 0 aromatic heterocycles. The minimum Gasteiger partial charge on any atom is -0.459 e. The lowest BCUT2D eigenvalue weighted by molar-refractivity contribution is -0.163. The van der Waals surface area contributed by atoms with E-state index in [1.165, 1.54) is 0 Å². The molecule has 0 rings (SSSR count). The molecular weight excluding hydrogens is 256 g/mol. The van der Waals surface area contributed by atoms with Gasteiger partial charge in [0.25, 0.3) is 0 Å². The monoisotopic (exact) mass is 288 g/mol. The molecule has 4 unspecified atom stereocenters. The number of aliphatic hydroxyl groups is 1. The molecule has 120 valence electrons. The Hall–Kier alpha value is -0.650. The summed E-state index contributed by atoms with van der Waals surface area (Å²) in [6, 6.07) is 0. The van der Waals surface area contributed by atoms with E-state index in [-0.39, 0.29) is 24.0 Å². The highest BCUT2D eigenvalue weighted by Crippen LogP contribution is 2.19. The van der Waals surface area contributed by atoms with Gasteiger partial charge in [0.15, 0.2) is 0 Å². The second kappa shape index (κ2) is 10.1. The highest BCUT2D eigenvalue weighted by Gasteiger charge is 2.27. The number of hydrogen-bond donors (Lipinski definition) is 3. The number of ether oxygens (including phenoxy) is 1. The van der Waals surface area contributed by atoms with Crippen LogP contribution in [-0.4, -0.2) is 29.4 Å². The average molecular weight is 288 g/mol. The van der Waals surface area contributed by atoms with Crippen molar-refractivity contribution in [2.24, 2.45) is 23.3 Å². The molecule has 0 saturated heterocycles. The lowest BCUT2D eigenvalue weighted by atomic mass is 9.97. The Morgan fingerprint density at radius 3 is 2.15 bits per heavy atom. The van der Waals surface area contributed by atoms with Crippen LogP contribution >= 0.6 is 0 Å². The van der Waals surface area contributed by atoms with Crippen LogP contribution in [0.5, 0.6) is 0 Å². The number of hydrogen-bond acceptors (Lipinski definition) is 5. The molecule has 20 heavy (non-hydrogen) atoms. The number of carbonyl (C=O) groups excluding carboxylic acids is 1. The highest BCUT2D eigenvalue weighted by molar-refractivity contribution is 5.72. The largest absolute Gasteiger partial charge is 0.459 e. The number of rotatable bonds is 10. The first-order valence-corrected chi connectivity index (χ1v) is 7.69. The van der Waals surface area contributed by atoms with Gasteiger partial charge in [0.05, 0.1) is 18.2 Å². The van der Waals surface area contributed by atoms with Crippen molar-refractivity contribution in [1.29, 1.82) is 0 Å². The Labute approximate surface area is 123 Å². The number of esters is 1. The number of carbonyl (C=O) groups is 1. The smallest absolute Gasteiger partial charge is 0.309 e. The van der Waals surface area contributed by atoms with Crippen molar-refractivity contribution >= 4 is 5.97 Å². The van der Waals surface area contributed by atoms with Crippen molar-refractivity contribution in [2.75, 3.05) is 0 Å². The van der Waals surface area contributed by atoms with Crippen LogP contribution in [0.1, 0.15) is 59.8 Å². The van der Waals surface area contributed by atoms with Crippen LogP contribution in [0.4, 0.5) is 0 Å². The van der Waals surface area contributed by atoms with Gasteiger partial charge < -0.3 is 21.3 Å². The number of unbranched alkanes of at least 4 members (excludes halogenated alkanes) is 1. The lowest BCUT2D eigenvalue weighted by Crippen LogP contribution is -2.36. The van der Waals surface area contributed by atoms with Crippen LogP contribution in [0.25, 0.3) is 0 Å². The SMILES string of the molecule is CCC(C)C(OC(=O)C(C)CCCCC(N)N)C(C)O. The fraction of sp³-hybridized carbons (Fsp3) is 0.933. The Morgan fingerprint density at radius 1 is 1.15 bits per heavy atom. The minimum absolute atomic E-state index is 0.154. The first-order chi connectivity index (χ1) is 9.29. The first kappa shape index (κ1) is 19.4. The molecule has 0 aliphatic carbocycles. The fourth-order valence-electron chi connectivity index (χ4n) is 2.12. The maximum absolute atomic E-state index is 12.0. The molecule has 5 nitrogen and oxygen atoms in total. The van der Waals surface area contributed by atoms with Crippen molar-refractivity contribution in [3.8, 4) is 0 Å². The first-order valence-electron chi connectivity index (χ1n) is 7.69. The molecule has 0 fully saturated rings. The summed E-state index contributed by atoms with van der Waals surface area (Å²) in [7, 11) is 0. The van der Waals surface area contributed by atoms with E-state index in [2.05, 4.69) is 0 Å². The summed E-state index contributed by atoms with van der Waals surface area (Å²) >= 11 is 0. The summed E-state index contributed by atoms with van der Waals surface area (Å²) < 4.78 is 5.47. The van der Waals surface area contributed by atoms with E-state index in [1.807, 2.05) is 20.8 Å². The van der Waals surface area contributed by atoms with Crippen LogP contribution < -0.4 is 11.5 Å². The maximum Gasteiger partial charge on any atom is 0.309 e. The van der Waals surface area contributed by atoms with E-state index >= 15 is 0 Å². The van der Waals surface area contributed by atoms with E-state index in [9.17, 15) is 9.90 Å². The van der Waals surface area contributed by atoms with Crippen LogP contribution in [0.3, 0.4) is 0 Å². The summed E-state index contributed by atoms with van der Waals surface area (Å²) in [5.41, 5.74) is 11.0. The molecule has 5 N–H and O–H groups in total. The Balaban J connectivity index is 4.15. The van der Waals surface area contributed by atoms with Gasteiger partial charge in [0.2, 0.25) is 0 Å². The van der Waals surface area contributed by atoms with Gasteiger partial charge in [-0.15, -0.1) is 0 Å². The third-order valence-electron chi connectivity index (χ3n) is 3.76. The molecule has 0 bridgehead atoms. The van der Waals surface area contributed by atoms with Crippen molar-refractivity contribution in [2.45, 2.75) is 78.2 Å². The van der Waals surface area contributed by atoms with Crippen LogP contribution in [0.15, 0.2) is 0 Å². The van der Waals surface area contributed by atoms with Gasteiger partial charge in [-0.25, -0.2) is 0 Å². The van der Waals surface area contributed by atoms with Crippen molar-refractivity contribution in [1.82, 2.24) is 0 Å². The van der Waals surface area contributed by atoms with E-state index in [4.69, 9.17) is 16.2 Å². The second-order valence-corrected chi connectivity index (χ2v) is 5.88. The van der Waals surface area contributed by atoms with Gasteiger partial charge in [-0.3, -0.25) is 4.79 Å². The zero-order chi connectivity index (χ0) is 15.7. The molecule has 0 heterocycles. The molecule has 0 spiro atoms. The Bertz CT molecular complexity index is 270. The van der Waals surface area contributed by atoms with Gasteiger partial charge in [0, 0.05) is 0 Å². The van der Waals surface area contributed by atoms with Gasteiger partial charge in [-0.2, -0.15) is 0 Å².